The third-order valence-electron chi connectivity index (χ3n) is 3.97. The summed E-state index contributed by atoms with van der Waals surface area (Å²) >= 11 is 1.50. The van der Waals surface area contributed by atoms with E-state index in [-0.39, 0.29) is 5.91 Å². The van der Waals surface area contributed by atoms with Gasteiger partial charge in [-0.1, -0.05) is 48.5 Å². The average Bonchev–Trinajstić information content (AvgIpc) is 3.19. The summed E-state index contributed by atoms with van der Waals surface area (Å²) in [5.74, 6) is 0.00914. The summed E-state index contributed by atoms with van der Waals surface area (Å²) in [5.41, 5.74) is 2.87. The van der Waals surface area contributed by atoms with Crippen LogP contribution in [0.3, 0.4) is 0 Å². The van der Waals surface area contributed by atoms with Crippen molar-refractivity contribution >= 4 is 33.3 Å². The summed E-state index contributed by atoms with van der Waals surface area (Å²) < 4.78 is 5.60. The van der Waals surface area contributed by atoms with Crippen LogP contribution < -0.4 is 5.32 Å². The molecule has 4 nitrogen and oxygen atoms in total. The maximum absolute atomic E-state index is 12.4. The molecule has 2 heterocycles. The minimum Gasteiger partial charge on any atom is -0.451 e. The van der Waals surface area contributed by atoms with Crippen LogP contribution >= 0.6 is 11.3 Å². The first-order chi connectivity index (χ1) is 12.2. The van der Waals surface area contributed by atoms with Crippen molar-refractivity contribution in [3.05, 3.63) is 82.6 Å². The van der Waals surface area contributed by atoms with Crippen LogP contribution in [0.25, 0.3) is 11.0 Å². The number of aryl methyl sites for hydroxylation is 1. The molecule has 0 aliphatic heterocycles. The number of aromatic nitrogens is 1. The number of nitrogens with one attached hydrogen (secondary N) is 1. The van der Waals surface area contributed by atoms with Gasteiger partial charge in [-0.25, -0.2) is 4.98 Å². The van der Waals surface area contributed by atoms with Crippen molar-refractivity contribution in [3.8, 4) is 0 Å². The maximum atomic E-state index is 12.4. The molecule has 5 heteroatoms. The van der Waals surface area contributed by atoms with Crippen molar-refractivity contribution in [2.45, 2.75) is 13.3 Å². The van der Waals surface area contributed by atoms with E-state index in [9.17, 15) is 4.79 Å². The highest BCUT2D eigenvalue weighted by Crippen LogP contribution is 2.26. The zero-order valence-electron chi connectivity index (χ0n) is 13.7. The van der Waals surface area contributed by atoms with E-state index in [0.717, 1.165) is 22.4 Å². The summed E-state index contributed by atoms with van der Waals surface area (Å²) in [6.45, 7) is 1.96. The molecule has 2 aromatic carbocycles. The van der Waals surface area contributed by atoms with Gasteiger partial charge in [-0.2, -0.15) is 0 Å². The number of amides is 1. The molecule has 2 aromatic heterocycles. The SMILES string of the molecule is Cc1nc(NC(=O)c2cc3ccccc3o2)sc1Cc1ccccc1. The Labute approximate surface area is 149 Å². The lowest BCUT2D eigenvalue weighted by Gasteiger charge is -1.98. The van der Waals surface area contributed by atoms with Gasteiger partial charge in [-0.05, 0) is 24.6 Å². The van der Waals surface area contributed by atoms with E-state index in [1.165, 1.54) is 16.9 Å². The standard InChI is InChI=1S/C20H16N2O2S/c1-13-18(11-14-7-3-2-4-8-14)25-20(21-13)22-19(23)17-12-15-9-5-6-10-16(15)24-17/h2-10,12H,11H2,1H3,(H,21,22,23). The molecule has 0 atom stereocenters. The number of rotatable bonds is 4. The first-order valence-electron chi connectivity index (χ1n) is 7.99. The third kappa shape index (κ3) is 3.32. The highest BCUT2D eigenvalue weighted by atomic mass is 32.1. The van der Waals surface area contributed by atoms with Crippen LogP contribution in [-0.4, -0.2) is 10.9 Å². The number of carbonyl (C=O) groups excluding carboxylic acids is 1. The van der Waals surface area contributed by atoms with Gasteiger partial charge >= 0.3 is 0 Å². The van der Waals surface area contributed by atoms with Crippen LogP contribution in [0.15, 0.2) is 65.1 Å². The Morgan fingerprint density at radius 3 is 2.68 bits per heavy atom. The van der Waals surface area contributed by atoms with E-state index < -0.39 is 0 Å². The molecule has 0 saturated heterocycles. The van der Waals surface area contributed by atoms with Gasteiger partial charge in [0.1, 0.15) is 5.58 Å². The number of hydrogen-bond donors (Lipinski definition) is 1. The van der Waals surface area contributed by atoms with Gasteiger partial charge < -0.3 is 4.42 Å². The predicted octanol–water partition coefficient (Wildman–Crippen LogP) is 5.04. The van der Waals surface area contributed by atoms with E-state index in [1.807, 2.05) is 49.4 Å². The molecule has 1 amide bonds. The summed E-state index contributed by atoms with van der Waals surface area (Å²) in [4.78, 5) is 18.0. The summed E-state index contributed by atoms with van der Waals surface area (Å²) in [6, 6.07) is 19.5. The van der Waals surface area contributed by atoms with Crippen LogP contribution in [0.2, 0.25) is 0 Å². The molecule has 4 rings (SSSR count). The number of carbonyl (C=O) groups is 1. The number of nitrogens with zero attached hydrogens (tertiary/aromatic N) is 1. The van der Waals surface area contributed by atoms with Crippen LogP contribution in [0, 0.1) is 6.92 Å². The van der Waals surface area contributed by atoms with Crippen molar-refractivity contribution in [3.63, 3.8) is 0 Å². The van der Waals surface area contributed by atoms with Gasteiger partial charge in [-0.15, -0.1) is 11.3 Å². The first-order valence-corrected chi connectivity index (χ1v) is 8.81. The van der Waals surface area contributed by atoms with Crippen LogP contribution in [0.5, 0.6) is 0 Å². The van der Waals surface area contributed by atoms with Crippen LogP contribution in [0.1, 0.15) is 26.7 Å². The average molecular weight is 348 g/mol. The largest absolute Gasteiger partial charge is 0.451 e. The molecule has 0 spiro atoms. The minimum atomic E-state index is -0.281. The van der Waals surface area contributed by atoms with Crippen molar-refractivity contribution < 1.29 is 9.21 Å². The Morgan fingerprint density at radius 1 is 1.12 bits per heavy atom. The molecule has 0 saturated carbocycles. The van der Waals surface area contributed by atoms with Crippen LogP contribution in [-0.2, 0) is 6.42 Å². The lowest BCUT2D eigenvalue weighted by atomic mass is 10.1. The maximum Gasteiger partial charge on any atom is 0.293 e. The van der Waals surface area contributed by atoms with Crippen LogP contribution in [0.4, 0.5) is 5.13 Å². The number of anilines is 1. The molecule has 0 bridgehead atoms. The second-order valence-electron chi connectivity index (χ2n) is 5.79. The summed E-state index contributed by atoms with van der Waals surface area (Å²) in [6.07, 6.45) is 0.810. The molecule has 0 fully saturated rings. The number of furan rings is 1. The quantitative estimate of drug-likeness (QED) is 0.562. The molecule has 124 valence electrons. The van der Waals surface area contributed by atoms with E-state index in [4.69, 9.17) is 4.42 Å². The van der Waals surface area contributed by atoms with E-state index >= 15 is 0 Å². The second kappa shape index (κ2) is 6.53. The van der Waals surface area contributed by atoms with Gasteiger partial charge in [0.25, 0.3) is 5.91 Å². The molecular weight excluding hydrogens is 332 g/mol. The lowest BCUT2D eigenvalue weighted by Crippen LogP contribution is -2.10. The minimum absolute atomic E-state index is 0.281. The van der Waals surface area contributed by atoms with Gasteiger partial charge in [0, 0.05) is 16.7 Å². The number of benzene rings is 2. The Hall–Kier alpha value is -2.92. The highest BCUT2D eigenvalue weighted by Gasteiger charge is 2.15. The zero-order chi connectivity index (χ0) is 17.2. The molecular formula is C20H16N2O2S. The normalized spacial score (nSPS) is 10.9. The Balaban J connectivity index is 1.52. The second-order valence-corrected chi connectivity index (χ2v) is 6.88. The van der Waals surface area contributed by atoms with E-state index in [0.29, 0.717) is 16.5 Å². The van der Waals surface area contributed by atoms with Gasteiger partial charge in [0.15, 0.2) is 10.9 Å². The Bertz CT molecular complexity index is 1000. The fourth-order valence-electron chi connectivity index (χ4n) is 2.68. The lowest BCUT2D eigenvalue weighted by molar-refractivity contribution is 0.0998. The topological polar surface area (TPSA) is 55.1 Å². The summed E-state index contributed by atoms with van der Waals surface area (Å²) in [7, 11) is 0. The highest BCUT2D eigenvalue weighted by molar-refractivity contribution is 7.15. The molecule has 0 unspecified atom stereocenters. The molecule has 0 radical (unpaired) electrons. The van der Waals surface area contributed by atoms with Gasteiger partial charge in [0.2, 0.25) is 0 Å². The third-order valence-corrected chi connectivity index (χ3v) is 5.04. The molecule has 4 aromatic rings. The molecule has 0 aliphatic carbocycles. The van der Waals surface area contributed by atoms with Gasteiger partial charge in [0.05, 0.1) is 5.69 Å². The van der Waals surface area contributed by atoms with Crippen molar-refractivity contribution in [2.24, 2.45) is 0 Å². The Morgan fingerprint density at radius 2 is 1.88 bits per heavy atom. The van der Waals surface area contributed by atoms with E-state index in [2.05, 4.69) is 22.4 Å². The van der Waals surface area contributed by atoms with Crippen molar-refractivity contribution in [1.82, 2.24) is 4.98 Å². The van der Waals surface area contributed by atoms with Gasteiger partial charge in [-0.3, -0.25) is 10.1 Å². The first kappa shape index (κ1) is 15.6. The Kier molecular flexibility index (Phi) is 4.07. The van der Waals surface area contributed by atoms with E-state index in [1.54, 1.807) is 6.07 Å². The molecule has 25 heavy (non-hydrogen) atoms. The number of fused-ring (bicyclic) bond motifs is 1. The van der Waals surface area contributed by atoms with Crippen molar-refractivity contribution in [2.75, 3.05) is 5.32 Å². The molecule has 0 aliphatic rings. The smallest absolute Gasteiger partial charge is 0.293 e. The zero-order valence-corrected chi connectivity index (χ0v) is 14.5. The predicted molar refractivity (Wildman–Crippen MR) is 100 cm³/mol. The monoisotopic (exact) mass is 348 g/mol. The fraction of sp³-hybridized carbons (Fsp3) is 0.100. The van der Waals surface area contributed by atoms with Crippen molar-refractivity contribution in [1.29, 1.82) is 0 Å². The number of para-hydroxylation sites is 1. The number of thiazole rings is 1. The summed E-state index contributed by atoms with van der Waals surface area (Å²) in [5, 5.41) is 4.34. The molecule has 1 N–H and O–H groups in total. The number of hydrogen-bond acceptors (Lipinski definition) is 4. The fourth-order valence-corrected chi connectivity index (χ4v) is 3.67.